The molecule has 1 saturated heterocycles. The number of ether oxygens (including phenoxy) is 1. The molecule has 3 heterocycles. The van der Waals surface area contributed by atoms with Gasteiger partial charge in [-0.1, -0.05) is 12.4 Å². The molecule has 8 nitrogen and oxygen atoms in total. The van der Waals surface area contributed by atoms with Crippen molar-refractivity contribution in [1.82, 2.24) is 14.5 Å². The summed E-state index contributed by atoms with van der Waals surface area (Å²) in [5.41, 5.74) is 7.81. The number of anilines is 1. The fourth-order valence-electron chi connectivity index (χ4n) is 3.34. The number of fused-ring (bicyclic) bond motifs is 1. The van der Waals surface area contributed by atoms with Gasteiger partial charge in [-0.05, 0) is 32.8 Å². The van der Waals surface area contributed by atoms with Crippen molar-refractivity contribution < 1.29 is 14.3 Å². The van der Waals surface area contributed by atoms with E-state index in [9.17, 15) is 9.59 Å². The van der Waals surface area contributed by atoms with Gasteiger partial charge in [0.2, 0.25) is 0 Å². The molecule has 2 aromatic heterocycles. The maximum atomic E-state index is 12.4. The monoisotopic (exact) mass is 371 g/mol. The van der Waals surface area contributed by atoms with Crippen LogP contribution in [0.2, 0.25) is 0 Å². The summed E-state index contributed by atoms with van der Waals surface area (Å²) in [6.45, 7) is 8.68. The number of nitrogens with zero attached hydrogens (tertiary/aromatic N) is 3. The molecular formula is C18H26BN5O3. The summed E-state index contributed by atoms with van der Waals surface area (Å²) in [5, 5.41) is 7.69. The molecule has 27 heavy (non-hydrogen) atoms. The van der Waals surface area contributed by atoms with Gasteiger partial charge in [-0.15, -0.1) is 0 Å². The highest BCUT2D eigenvalue weighted by atomic mass is 16.6. The van der Waals surface area contributed by atoms with Gasteiger partial charge in [0, 0.05) is 25.3 Å². The van der Waals surface area contributed by atoms with Crippen LogP contribution in [0.25, 0.3) is 5.52 Å². The van der Waals surface area contributed by atoms with Crippen molar-refractivity contribution in [2.75, 3.05) is 18.4 Å². The van der Waals surface area contributed by atoms with Crippen LogP contribution in [-0.4, -0.2) is 59.1 Å². The maximum Gasteiger partial charge on any atom is 0.410 e. The van der Waals surface area contributed by atoms with Crippen molar-refractivity contribution >= 4 is 36.5 Å². The molecule has 0 spiro atoms. The Kier molecular flexibility index (Phi) is 4.80. The van der Waals surface area contributed by atoms with Gasteiger partial charge in [0.05, 0.1) is 23.0 Å². The zero-order valence-electron chi connectivity index (χ0n) is 16.4. The Balaban J connectivity index is 1.86. The van der Waals surface area contributed by atoms with E-state index in [4.69, 9.17) is 10.5 Å². The maximum absolute atomic E-state index is 12.4. The number of amides is 2. The van der Waals surface area contributed by atoms with Gasteiger partial charge in [-0.2, -0.15) is 5.10 Å². The van der Waals surface area contributed by atoms with Gasteiger partial charge in [0.1, 0.15) is 13.4 Å². The number of hydrogen-bond acceptors (Lipinski definition) is 5. The first-order valence-electron chi connectivity index (χ1n) is 9.07. The molecule has 0 bridgehead atoms. The van der Waals surface area contributed by atoms with Crippen molar-refractivity contribution in [3.8, 4) is 0 Å². The van der Waals surface area contributed by atoms with Gasteiger partial charge < -0.3 is 20.7 Å². The Morgan fingerprint density at radius 2 is 2.07 bits per heavy atom. The lowest BCUT2D eigenvalue weighted by Crippen LogP contribution is -2.36. The van der Waals surface area contributed by atoms with Crippen LogP contribution in [0.1, 0.15) is 38.1 Å². The summed E-state index contributed by atoms with van der Waals surface area (Å²) in [5.74, 6) is -0.358. The lowest BCUT2D eigenvalue weighted by atomic mass is 10.0. The number of rotatable bonds is 3. The first kappa shape index (κ1) is 19.1. The minimum absolute atomic E-state index is 0.0305. The van der Waals surface area contributed by atoms with Crippen LogP contribution in [0, 0.1) is 5.92 Å². The fraction of sp³-hybridized carbons (Fsp3) is 0.500. The molecule has 3 N–H and O–H groups in total. The molecule has 0 radical (unpaired) electrons. The molecule has 144 valence electrons. The van der Waals surface area contributed by atoms with E-state index in [0.717, 1.165) is 11.0 Å². The van der Waals surface area contributed by atoms with Crippen LogP contribution < -0.4 is 16.5 Å². The Morgan fingerprint density at radius 3 is 2.70 bits per heavy atom. The number of aromatic nitrogens is 2. The molecule has 0 unspecified atom stereocenters. The second-order valence-corrected chi connectivity index (χ2v) is 8.26. The summed E-state index contributed by atoms with van der Waals surface area (Å²) < 4.78 is 7.19. The van der Waals surface area contributed by atoms with Gasteiger partial charge in [-0.25, -0.2) is 9.31 Å². The first-order valence-corrected chi connectivity index (χ1v) is 9.07. The normalized spacial score (nSPS) is 20.1. The molecule has 2 atom stereocenters. The molecule has 3 rings (SSSR count). The van der Waals surface area contributed by atoms with E-state index in [2.05, 4.69) is 17.3 Å². The number of likely N-dealkylation sites (tertiary alicyclic amines) is 1. The summed E-state index contributed by atoms with van der Waals surface area (Å²) >= 11 is 0. The van der Waals surface area contributed by atoms with Gasteiger partial charge in [-0.3, -0.25) is 4.79 Å². The molecule has 2 aromatic rings. The van der Waals surface area contributed by atoms with E-state index in [-0.39, 0.29) is 18.1 Å². The second kappa shape index (κ2) is 6.79. The highest BCUT2D eigenvalue weighted by molar-refractivity contribution is 6.33. The average molecular weight is 371 g/mol. The lowest BCUT2D eigenvalue weighted by molar-refractivity contribution is 0.0288. The van der Waals surface area contributed by atoms with Gasteiger partial charge in [0.25, 0.3) is 5.91 Å². The van der Waals surface area contributed by atoms with Crippen LogP contribution >= 0.6 is 0 Å². The minimum Gasteiger partial charge on any atom is -0.444 e. The zero-order valence-corrected chi connectivity index (χ0v) is 16.4. The van der Waals surface area contributed by atoms with E-state index in [1.807, 2.05) is 40.9 Å². The van der Waals surface area contributed by atoms with Crippen LogP contribution in [0.3, 0.4) is 0 Å². The van der Waals surface area contributed by atoms with Crippen LogP contribution in [-0.2, 0) is 4.74 Å². The largest absolute Gasteiger partial charge is 0.444 e. The number of carbonyl (C=O) groups is 2. The summed E-state index contributed by atoms with van der Waals surface area (Å²) in [7, 11) is 1.96. The highest BCUT2D eigenvalue weighted by Gasteiger charge is 2.35. The minimum atomic E-state index is -0.541. The molecule has 0 saturated carbocycles. The summed E-state index contributed by atoms with van der Waals surface area (Å²) in [4.78, 5) is 26.0. The molecule has 1 aliphatic rings. The zero-order chi connectivity index (χ0) is 19.9. The molecule has 2 amide bonds. The Morgan fingerprint density at radius 1 is 1.37 bits per heavy atom. The Bertz CT molecular complexity index is 889. The van der Waals surface area contributed by atoms with Crippen LogP contribution in [0.4, 0.5) is 10.5 Å². The van der Waals surface area contributed by atoms with E-state index in [1.165, 1.54) is 6.20 Å². The SMILES string of the molecule is Bc1cc2c(N[C@@H]3CN(C(=O)OC(C)(C)C)C[C@@H]3C)c(C(N)=O)cnn2c1. The number of carbonyl (C=O) groups excluding carboxylic acids is 2. The van der Waals surface area contributed by atoms with Crippen molar-refractivity contribution in [3.05, 3.63) is 24.0 Å². The topological polar surface area (TPSA) is 102 Å². The highest BCUT2D eigenvalue weighted by Crippen LogP contribution is 2.27. The van der Waals surface area contributed by atoms with Crippen LogP contribution in [0.5, 0.6) is 0 Å². The Labute approximate surface area is 159 Å². The molecule has 1 fully saturated rings. The fourth-order valence-corrected chi connectivity index (χ4v) is 3.34. The number of primary amides is 1. The van der Waals surface area contributed by atoms with E-state index in [1.54, 1.807) is 9.42 Å². The van der Waals surface area contributed by atoms with Crippen molar-refractivity contribution in [1.29, 1.82) is 0 Å². The Hall–Kier alpha value is -2.71. The van der Waals surface area contributed by atoms with E-state index < -0.39 is 11.5 Å². The predicted molar refractivity (Wildman–Crippen MR) is 106 cm³/mol. The van der Waals surface area contributed by atoms with Crippen molar-refractivity contribution in [3.63, 3.8) is 0 Å². The lowest BCUT2D eigenvalue weighted by Gasteiger charge is -2.24. The third kappa shape index (κ3) is 4.01. The number of nitrogens with two attached hydrogens (primary N) is 1. The molecule has 0 aliphatic carbocycles. The van der Waals surface area contributed by atoms with Gasteiger partial charge >= 0.3 is 6.09 Å². The second-order valence-electron chi connectivity index (χ2n) is 8.26. The summed E-state index contributed by atoms with van der Waals surface area (Å²) in [6.07, 6.45) is 3.03. The molecule has 9 heteroatoms. The van der Waals surface area contributed by atoms with E-state index >= 15 is 0 Å². The quantitative estimate of drug-likeness (QED) is 0.759. The first-order chi connectivity index (χ1) is 12.5. The smallest absolute Gasteiger partial charge is 0.410 e. The number of nitrogens with one attached hydrogen (secondary N) is 1. The third-order valence-corrected chi connectivity index (χ3v) is 4.63. The molecule has 1 aliphatic heterocycles. The molecular weight excluding hydrogens is 345 g/mol. The van der Waals surface area contributed by atoms with Crippen molar-refractivity contribution in [2.45, 2.75) is 39.3 Å². The summed E-state index contributed by atoms with van der Waals surface area (Å²) in [6, 6.07) is 1.92. The standard InChI is InChI=1S/C18H26BN5O3/c1-10-7-23(17(26)27-18(2,3)4)9-13(10)22-15-12(16(20)25)6-21-24-8-11(19)5-14(15)24/h5-6,8,10,13,22H,7,9,19H2,1-4H3,(H2,20,25)/t10-,13+/m0/s1. The molecule has 0 aromatic carbocycles. The number of hydrogen-bond donors (Lipinski definition) is 2. The van der Waals surface area contributed by atoms with Crippen LogP contribution in [0.15, 0.2) is 18.5 Å². The average Bonchev–Trinajstić information content (AvgIpc) is 3.08. The van der Waals surface area contributed by atoms with Gasteiger partial charge in [0.15, 0.2) is 0 Å². The van der Waals surface area contributed by atoms with E-state index in [0.29, 0.717) is 24.3 Å². The van der Waals surface area contributed by atoms with Crippen molar-refractivity contribution in [2.24, 2.45) is 11.7 Å². The predicted octanol–water partition coefficient (Wildman–Crippen LogP) is 0.359. The third-order valence-electron chi connectivity index (χ3n) is 4.63.